The molecular formula is C12H17N3. The minimum Gasteiger partial charge on any atom is -0.268 e. The smallest absolute Gasteiger partial charge is 0.0744 e. The molecule has 0 spiro atoms. The molecule has 2 aromatic heterocycles. The first-order chi connectivity index (χ1) is 7.13. The van der Waals surface area contributed by atoms with Gasteiger partial charge in [-0.25, -0.2) is 0 Å². The van der Waals surface area contributed by atoms with Gasteiger partial charge in [0.1, 0.15) is 0 Å². The van der Waals surface area contributed by atoms with Crippen LogP contribution in [0.15, 0.2) is 12.3 Å². The molecule has 0 N–H and O–H groups in total. The maximum Gasteiger partial charge on any atom is 0.0744 e. The number of fused-ring (bicyclic) bond motifs is 1. The van der Waals surface area contributed by atoms with Gasteiger partial charge in [-0.05, 0) is 18.4 Å². The monoisotopic (exact) mass is 203 g/mol. The topological polar surface area (TPSA) is 30.7 Å². The zero-order chi connectivity index (χ0) is 11.0. The van der Waals surface area contributed by atoms with E-state index >= 15 is 0 Å². The van der Waals surface area contributed by atoms with Crippen LogP contribution in [0, 0.1) is 0 Å². The lowest BCUT2D eigenvalue weighted by molar-refractivity contribution is 0.729. The Morgan fingerprint density at radius 3 is 2.73 bits per heavy atom. The van der Waals surface area contributed by atoms with Crippen molar-refractivity contribution in [3.63, 3.8) is 0 Å². The van der Waals surface area contributed by atoms with E-state index in [0.29, 0.717) is 5.92 Å². The summed E-state index contributed by atoms with van der Waals surface area (Å²) < 4.78 is 1.95. The zero-order valence-corrected chi connectivity index (χ0v) is 9.78. The SMILES string of the molecule is CCc1cc2c(cn1)c(C(C)C)nn2C. The van der Waals surface area contributed by atoms with Crippen molar-refractivity contribution in [3.05, 3.63) is 23.7 Å². The lowest BCUT2D eigenvalue weighted by atomic mass is 10.1. The van der Waals surface area contributed by atoms with Gasteiger partial charge in [-0.15, -0.1) is 0 Å². The summed E-state index contributed by atoms with van der Waals surface area (Å²) in [5, 5.41) is 5.73. The van der Waals surface area contributed by atoms with Crippen LogP contribution in [0.3, 0.4) is 0 Å². The summed E-state index contributed by atoms with van der Waals surface area (Å²) in [7, 11) is 1.99. The third-order valence-electron chi connectivity index (χ3n) is 2.73. The van der Waals surface area contributed by atoms with E-state index in [0.717, 1.165) is 17.8 Å². The van der Waals surface area contributed by atoms with E-state index in [4.69, 9.17) is 0 Å². The van der Waals surface area contributed by atoms with Crippen molar-refractivity contribution in [1.29, 1.82) is 0 Å². The third kappa shape index (κ3) is 1.62. The maximum absolute atomic E-state index is 4.54. The zero-order valence-electron chi connectivity index (χ0n) is 9.78. The van der Waals surface area contributed by atoms with Gasteiger partial charge >= 0.3 is 0 Å². The number of aromatic nitrogens is 3. The molecule has 0 saturated carbocycles. The molecule has 0 bridgehead atoms. The fraction of sp³-hybridized carbons (Fsp3) is 0.500. The number of pyridine rings is 1. The van der Waals surface area contributed by atoms with Crippen molar-refractivity contribution in [2.75, 3.05) is 0 Å². The van der Waals surface area contributed by atoms with Gasteiger partial charge in [0, 0.05) is 24.3 Å². The van der Waals surface area contributed by atoms with Crippen molar-refractivity contribution in [2.24, 2.45) is 7.05 Å². The molecule has 0 radical (unpaired) electrons. The van der Waals surface area contributed by atoms with Crippen LogP contribution in [0.2, 0.25) is 0 Å². The van der Waals surface area contributed by atoms with Crippen LogP contribution >= 0.6 is 0 Å². The Morgan fingerprint density at radius 2 is 2.13 bits per heavy atom. The summed E-state index contributed by atoms with van der Waals surface area (Å²) in [6, 6.07) is 2.13. The van der Waals surface area contributed by atoms with E-state index in [2.05, 4.69) is 36.9 Å². The molecule has 0 unspecified atom stereocenters. The molecule has 0 aliphatic heterocycles. The fourth-order valence-corrected chi connectivity index (χ4v) is 1.84. The molecule has 0 atom stereocenters. The molecule has 0 aliphatic rings. The predicted octanol–water partition coefficient (Wildman–Crippen LogP) is 2.65. The Hall–Kier alpha value is -1.38. The first-order valence-corrected chi connectivity index (χ1v) is 5.45. The normalized spacial score (nSPS) is 11.5. The van der Waals surface area contributed by atoms with Crippen molar-refractivity contribution in [3.8, 4) is 0 Å². The lowest BCUT2D eigenvalue weighted by Gasteiger charge is -2.00. The molecule has 2 rings (SSSR count). The first kappa shape index (κ1) is 10.1. The first-order valence-electron chi connectivity index (χ1n) is 5.45. The fourth-order valence-electron chi connectivity index (χ4n) is 1.84. The van der Waals surface area contributed by atoms with Crippen molar-refractivity contribution in [2.45, 2.75) is 33.1 Å². The Balaban J connectivity index is 2.69. The maximum atomic E-state index is 4.54. The van der Waals surface area contributed by atoms with Crippen LogP contribution in [-0.4, -0.2) is 14.8 Å². The third-order valence-corrected chi connectivity index (χ3v) is 2.73. The summed E-state index contributed by atoms with van der Waals surface area (Å²) in [6.07, 6.45) is 2.93. The van der Waals surface area contributed by atoms with Crippen LogP contribution < -0.4 is 0 Å². The second-order valence-electron chi connectivity index (χ2n) is 4.21. The quantitative estimate of drug-likeness (QED) is 0.751. The standard InChI is InChI=1S/C12H17N3/c1-5-9-6-11-10(7-13-9)12(8(2)3)14-15(11)4/h6-8H,5H2,1-4H3. The Morgan fingerprint density at radius 1 is 1.40 bits per heavy atom. The minimum absolute atomic E-state index is 0.447. The van der Waals surface area contributed by atoms with E-state index in [1.807, 2.05) is 17.9 Å². The number of aryl methyl sites for hydroxylation is 2. The molecule has 3 heteroatoms. The largest absolute Gasteiger partial charge is 0.268 e. The van der Waals surface area contributed by atoms with Gasteiger partial charge in [0.05, 0.1) is 11.2 Å². The van der Waals surface area contributed by atoms with E-state index < -0.39 is 0 Å². The second-order valence-corrected chi connectivity index (χ2v) is 4.21. The van der Waals surface area contributed by atoms with Gasteiger partial charge in [-0.1, -0.05) is 20.8 Å². The minimum atomic E-state index is 0.447. The number of hydrogen-bond acceptors (Lipinski definition) is 2. The molecule has 0 fully saturated rings. The van der Waals surface area contributed by atoms with Gasteiger partial charge in [0.2, 0.25) is 0 Å². The summed E-state index contributed by atoms with van der Waals surface area (Å²) in [6.45, 7) is 6.44. The summed E-state index contributed by atoms with van der Waals surface area (Å²) in [5.74, 6) is 0.447. The Kier molecular flexibility index (Phi) is 2.47. The second kappa shape index (κ2) is 3.65. The van der Waals surface area contributed by atoms with Crippen molar-refractivity contribution in [1.82, 2.24) is 14.8 Å². The van der Waals surface area contributed by atoms with Crippen LogP contribution in [-0.2, 0) is 13.5 Å². The summed E-state index contributed by atoms with van der Waals surface area (Å²) >= 11 is 0. The van der Waals surface area contributed by atoms with E-state index in [9.17, 15) is 0 Å². The molecule has 0 saturated heterocycles. The highest BCUT2D eigenvalue weighted by molar-refractivity contribution is 5.81. The van der Waals surface area contributed by atoms with Crippen LogP contribution in [0.5, 0.6) is 0 Å². The van der Waals surface area contributed by atoms with Crippen molar-refractivity contribution >= 4 is 10.9 Å². The van der Waals surface area contributed by atoms with Crippen molar-refractivity contribution < 1.29 is 0 Å². The highest BCUT2D eigenvalue weighted by Gasteiger charge is 2.12. The molecule has 2 aromatic rings. The molecule has 0 aromatic carbocycles. The van der Waals surface area contributed by atoms with Crippen LogP contribution in [0.1, 0.15) is 38.1 Å². The average Bonchev–Trinajstić information content (AvgIpc) is 2.56. The molecule has 80 valence electrons. The predicted molar refractivity (Wildman–Crippen MR) is 62.0 cm³/mol. The average molecular weight is 203 g/mol. The van der Waals surface area contributed by atoms with Gasteiger partial charge < -0.3 is 0 Å². The number of rotatable bonds is 2. The molecule has 3 nitrogen and oxygen atoms in total. The van der Waals surface area contributed by atoms with Gasteiger partial charge in [0.15, 0.2) is 0 Å². The molecule has 0 amide bonds. The highest BCUT2D eigenvalue weighted by Crippen LogP contribution is 2.23. The molecule has 15 heavy (non-hydrogen) atoms. The van der Waals surface area contributed by atoms with E-state index in [1.165, 1.54) is 10.9 Å². The highest BCUT2D eigenvalue weighted by atomic mass is 15.3. The summed E-state index contributed by atoms with van der Waals surface area (Å²) in [4.78, 5) is 4.43. The lowest BCUT2D eigenvalue weighted by Crippen LogP contribution is -1.93. The van der Waals surface area contributed by atoms with E-state index in [-0.39, 0.29) is 0 Å². The van der Waals surface area contributed by atoms with Gasteiger partial charge in [-0.2, -0.15) is 5.10 Å². The van der Waals surface area contributed by atoms with Crippen LogP contribution in [0.4, 0.5) is 0 Å². The molecule has 0 aliphatic carbocycles. The Labute approximate surface area is 90.1 Å². The van der Waals surface area contributed by atoms with Crippen LogP contribution in [0.25, 0.3) is 10.9 Å². The van der Waals surface area contributed by atoms with Gasteiger partial charge in [0.25, 0.3) is 0 Å². The van der Waals surface area contributed by atoms with E-state index in [1.54, 1.807) is 0 Å². The molecule has 2 heterocycles. The summed E-state index contributed by atoms with van der Waals surface area (Å²) in [5.41, 5.74) is 3.45. The number of nitrogens with zero attached hydrogens (tertiary/aromatic N) is 3. The number of hydrogen-bond donors (Lipinski definition) is 0. The molecular weight excluding hydrogens is 186 g/mol. The Bertz CT molecular complexity index is 483. The van der Waals surface area contributed by atoms with Gasteiger partial charge in [-0.3, -0.25) is 9.67 Å².